The van der Waals surface area contributed by atoms with Crippen molar-refractivity contribution in [3.8, 4) is 5.75 Å². The summed E-state index contributed by atoms with van der Waals surface area (Å²) in [5.41, 5.74) is 0.589. The Morgan fingerprint density at radius 3 is 2.58 bits per heavy atom. The van der Waals surface area contributed by atoms with Gasteiger partial charge in [0, 0.05) is 23.4 Å². The maximum atomic E-state index is 12.1. The van der Waals surface area contributed by atoms with Crippen molar-refractivity contribution in [3.05, 3.63) is 29.8 Å². The second kappa shape index (κ2) is 7.39. The highest BCUT2D eigenvalue weighted by atomic mass is 35.5. The zero-order valence-corrected chi connectivity index (χ0v) is 12.6. The van der Waals surface area contributed by atoms with Gasteiger partial charge in [0.15, 0.2) is 0 Å². The Hall–Kier alpha value is -1.22. The molecule has 0 spiro atoms. The summed E-state index contributed by atoms with van der Waals surface area (Å²) < 4.78 is 5.11. The van der Waals surface area contributed by atoms with E-state index in [0.717, 1.165) is 12.8 Å². The molecule has 0 aliphatic heterocycles. The van der Waals surface area contributed by atoms with E-state index in [1.54, 1.807) is 19.2 Å². The summed E-state index contributed by atoms with van der Waals surface area (Å²) in [6.45, 7) is 4.80. The van der Waals surface area contributed by atoms with Crippen LogP contribution in [0, 0.1) is 5.41 Å². The number of rotatable bonds is 7. The average Bonchev–Trinajstić information content (AvgIpc) is 2.49. The van der Waals surface area contributed by atoms with Crippen molar-refractivity contribution in [3.63, 3.8) is 0 Å². The van der Waals surface area contributed by atoms with E-state index in [9.17, 15) is 4.79 Å². The molecule has 0 atom stereocenters. The second-order valence-corrected chi connectivity index (χ2v) is 5.02. The zero-order valence-electron chi connectivity index (χ0n) is 11.8. The number of carbonyl (C=O) groups is 1. The van der Waals surface area contributed by atoms with Crippen LogP contribution in [0.1, 0.15) is 37.0 Å². The number of ether oxygens (including phenoxy) is 1. The molecule has 0 saturated heterocycles. The van der Waals surface area contributed by atoms with Gasteiger partial charge in [-0.1, -0.05) is 19.9 Å². The van der Waals surface area contributed by atoms with Crippen molar-refractivity contribution < 1.29 is 9.53 Å². The maximum absolute atomic E-state index is 12.1. The SMILES string of the molecule is CCC(CC)(CCl)CNC(=O)c1cccc(OC)c1. The van der Waals surface area contributed by atoms with Crippen molar-refractivity contribution in [1.29, 1.82) is 0 Å². The number of amides is 1. The summed E-state index contributed by atoms with van der Waals surface area (Å²) in [7, 11) is 1.59. The third kappa shape index (κ3) is 4.13. The molecule has 106 valence electrons. The van der Waals surface area contributed by atoms with Gasteiger partial charge in [0.05, 0.1) is 7.11 Å². The van der Waals surface area contributed by atoms with E-state index in [4.69, 9.17) is 16.3 Å². The van der Waals surface area contributed by atoms with Crippen molar-refractivity contribution >= 4 is 17.5 Å². The lowest BCUT2D eigenvalue weighted by Gasteiger charge is -2.29. The molecule has 0 heterocycles. The van der Waals surface area contributed by atoms with Crippen molar-refractivity contribution in [2.45, 2.75) is 26.7 Å². The van der Waals surface area contributed by atoms with Gasteiger partial charge in [-0.3, -0.25) is 4.79 Å². The van der Waals surface area contributed by atoms with E-state index in [1.165, 1.54) is 0 Å². The molecule has 1 amide bonds. The fourth-order valence-electron chi connectivity index (χ4n) is 1.87. The van der Waals surface area contributed by atoms with Crippen LogP contribution >= 0.6 is 11.6 Å². The predicted octanol–water partition coefficient (Wildman–Crippen LogP) is 3.47. The number of carbonyl (C=O) groups excluding carboxylic acids is 1. The molecule has 0 radical (unpaired) electrons. The van der Waals surface area contributed by atoms with E-state index in [-0.39, 0.29) is 11.3 Å². The molecule has 0 fully saturated rings. The first-order chi connectivity index (χ1) is 9.10. The van der Waals surface area contributed by atoms with Gasteiger partial charge in [-0.15, -0.1) is 11.6 Å². The van der Waals surface area contributed by atoms with E-state index < -0.39 is 0 Å². The van der Waals surface area contributed by atoms with E-state index in [2.05, 4.69) is 19.2 Å². The Balaban J connectivity index is 2.69. The summed E-state index contributed by atoms with van der Waals surface area (Å²) in [5, 5.41) is 2.97. The Bertz CT molecular complexity index is 408. The first-order valence-corrected chi connectivity index (χ1v) is 7.12. The molecule has 1 aromatic carbocycles. The van der Waals surface area contributed by atoms with Gasteiger partial charge in [0.2, 0.25) is 0 Å². The van der Waals surface area contributed by atoms with Crippen LogP contribution in [0.15, 0.2) is 24.3 Å². The third-order valence-corrected chi connectivity index (χ3v) is 4.31. The highest BCUT2D eigenvalue weighted by Crippen LogP contribution is 2.27. The van der Waals surface area contributed by atoms with Crippen LogP contribution in [-0.2, 0) is 0 Å². The zero-order chi connectivity index (χ0) is 14.3. The number of benzene rings is 1. The van der Waals surface area contributed by atoms with Crippen molar-refractivity contribution in [2.75, 3.05) is 19.5 Å². The largest absolute Gasteiger partial charge is 0.497 e. The topological polar surface area (TPSA) is 38.3 Å². The van der Waals surface area contributed by atoms with E-state index >= 15 is 0 Å². The van der Waals surface area contributed by atoms with Gasteiger partial charge in [0.25, 0.3) is 5.91 Å². The molecule has 0 bridgehead atoms. The van der Waals surface area contributed by atoms with Gasteiger partial charge in [0.1, 0.15) is 5.75 Å². The maximum Gasteiger partial charge on any atom is 0.251 e. The molecular weight excluding hydrogens is 262 g/mol. The van der Waals surface area contributed by atoms with Crippen LogP contribution in [0.2, 0.25) is 0 Å². The summed E-state index contributed by atoms with van der Waals surface area (Å²) >= 11 is 6.03. The van der Waals surface area contributed by atoms with Gasteiger partial charge >= 0.3 is 0 Å². The summed E-state index contributed by atoms with van der Waals surface area (Å²) in [6, 6.07) is 7.13. The van der Waals surface area contributed by atoms with Crippen LogP contribution in [-0.4, -0.2) is 25.4 Å². The average molecular weight is 284 g/mol. The normalized spacial score (nSPS) is 11.2. The highest BCUT2D eigenvalue weighted by molar-refractivity contribution is 6.18. The predicted molar refractivity (Wildman–Crippen MR) is 79.1 cm³/mol. The van der Waals surface area contributed by atoms with E-state index in [0.29, 0.717) is 23.7 Å². The number of hydrogen-bond donors (Lipinski definition) is 1. The third-order valence-electron chi connectivity index (χ3n) is 3.74. The van der Waals surface area contributed by atoms with Gasteiger partial charge in [-0.2, -0.15) is 0 Å². The number of halogens is 1. The Morgan fingerprint density at radius 2 is 2.05 bits per heavy atom. The monoisotopic (exact) mass is 283 g/mol. The van der Waals surface area contributed by atoms with Crippen LogP contribution in [0.4, 0.5) is 0 Å². The van der Waals surface area contributed by atoms with Crippen LogP contribution in [0.25, 0.3) is 0 Å². The molecule has 1 rings (SSSR count). The van der Waals surface area contributed by atoms with Crippen LogP contribution in [0.3, 0.4) is 0 Å². The first kappa shape index (κ1) is 15.8. The lowest BCUT2D eigenvalue weighted by Crippen LogP contribution is -2.38. The fraction of sp³-hybridized carbons (Fsp3) is 0.533. The standard InChI is InChI=1S/C15H22ClNO2/c1-4-15(5-2,10-16)11-17-14(18)12-7-6-8-13(9-12)19-3/h6-9H,4-5,10-11H2,1-3H3,(H,17,18). The minimum absolute atomic E-state index is 0.0178. The molecular formula is C15H22ClNO2. The Kier molecular flexibility index (Phi) is 6.16. The van der Waals surface area contributed by atoms with Crippen LogP contribution in [0.5, 0.6) is 5.75 Å². The second-order valence-electron chi connectivity index (χ2n) is 4.76. The quantitative estimate of drug-likeness (QED) is 0.778. The van der Waals surface area contributed by atoms with Gasteiger partial charge < -0.3 is 10.1 Å². The Morgan fingerprint density at radius 1 is 1.37 bits per heavy atom. The van der Waals surface area contributed by atoms with E-state index in [1.807, 2.05) is 12.1 Å². The minimum Gasteiger partial charge on any atom is -0.497 e. The molecule has 0 unspecified atom stereocenters. The summed E-state index contributed by atoms with van der Waals surface area (Å²) in [6.07, 6.45) is 1.90. The molecule has 0 aromatic heterocycles. The smallest absolute Gasteiger partial charge is 0.251 e. The van der Waals surface area contributed by atoms with Crippen LogP contribution < -0.4 is 10.1 Å². The number of alkyl halides is 1. The lowest BCUT2D eigenvalue weighted by molar-refractivity contribution is 0.0931. The first-order valence-electron chi connectivity index (χ1n) is 6.59. The minimum atomic E-state index is -0.0877. The molecule has 1 aromatic rings. The Labute approximate surface area is 120 Å². The molecule has 0 saturated carbocycles. The molecule has 19 heavy (non-hydrogen) atoms. The van der Waals surface area contributed by atoms with Crippen molar-refractivity contribution in [1.82, 2.24) is 5.32 Å². The molecule has 0 aliphatic rings. The van der Waals surface area contributed by atoms with Gasteiger partial charge in [-0.05, 0) is 31.0 Å². The highest BCUT2D eigenvalue weighted by Gasteiger charge is 2.25. The fourth-order valence-corrected chi connectivity index (χ4v) is 2.34. The number of nitrogens with one attached hydrogen (secondary N) is 1. The molecule has 1 N–H and O–H groups in total. The summed E-state index contributed by atoms with van der Waals surface area (Å²) in [5.74, 6) is 1.15. The molecule has 0 aliphatic carbocycles. The summed E-state index contributed by atoms with van der Waals surface area (Å²) in [4.78, 5) is 12.1. The number of methoxy groups -OCH3 is 1. The number of hydrogen-bond acceptors (Lipinski definition) is 2. The molecule has 4 heteroatoms. The lowest BCUT2D eigenvalue weighted by atomic mass is 9.84. The van der Waals surface area contributed by atoms with Crippen molar-refractivity contribution in [2.24, 2.45) is 5.41 Å². The molecule has 3 nitrogen and oxygen atoms in total. The van der Waals surface area contributed by atoms with Gasteiger partial charge in [-0.25, -0.2) is 0 Å².